The molecule has 1 aliphatic rings. The summed E-state index contributed by atoms with van der Waals surface area (Å²) in [6.45, 7) is 0. The molecule has 6 nitrogen and oxygen atoms in total. The first-order valence-corrected chi connectivity index (χ1v) is 9.95. The second-order valence-corrected chi connectivity index (χ2v) is 7.23. The molecule has 0 saturated carbocycles. The molecule has 144 valence electrons. The summed E-state index contributed by atoms with van der Waals surface area (Å²) in [5.74, 6) is -1.44. The number of aliphatic hydroxyl groups excluding tert-OH is 1. The van der Waals surface area contributed by atoms with Gasteiger partial charge in [0.15, 0.2) is 5.78 Å². The van der Waals surface area contributed by atoms with E-state index in [2.05, 4.69) is 4.99 Å². The van der Waals surface area contributed by atoms with Crippen LogP contribution in [0.5, 0.6) is 0 Å². The van der Waals surface area contributed by atoms with Gasteiger partial charge in [-0.05, 0) is 17.4 Å². The topological polar surface area (TPSA) is 92.8 Å². The summed E-state index contributed by atoms with van der Waals surface area (Å²) in [7, 11) is 1.50. The molecule has 0 fully saturated rings. The molecule has 0 aliphatic heterocycles. The number of Topliss-reactive ketones (excluding diaryl/α,β-unsaturated/α-hetero) is 1. The first-order chi connectivity index (χ1) is 13.5. The van der Waals surface area contributed by atoms with Gasteiger partial charge in [-0.1, -0.05) is 54.6 Å². The molecule has 2 atom stereocenters. The van der Waals surface area contributed by atoms with Gasteiger partial charge in [0.2, 0.25) is 0 Å². The van der Waals surface area contributed by atoms with Crippen molar-refractivity contribution in [1.29, 1.82) is 0 Å². The smallest absolute Gasteiger partial charge is 0.271 e. The summed E-state index contributed by atoms with van der Waals surface area (Å²) < 4.78 is 0. The van der Waals surface area contributed by atoms with Crippen molar-refractivity contribution >= 4 is 28.3 Å². The van der Waals surface area contributed by atoms with E-state index in [0.29, 0.717) is 21.7 Å². The first kappa shape index (κ1) is 19.8. The third kappa shape index (κ3) is 3.57. The Morgan fingerprint density at radius 1 is 1.18 bits per heavy atom. The van der Waals surface area contributed by atoms with Crippen LogP contribution in [0, 0.1) is 10.1 Å². The molecule has 3 rings (SSSR count). The molecule has 0 heterocycles. The fraction of sp³-hybridized carbons (Fsp3) is 0.238. The number of benzene rings is 2. The number of nitro groups is 1. The molecule has 0 saturated heterocycles. The van der Waals surface area contributed by atoms with E-state index in [1.165, 1.54) is 18.8 Å². The summed E-state index contributed by atoms with van der Waals surface area (Å²) in [5.41, 5.74) is 1.92. The monoisotopic (exact) mass is 396 g/mol. The van der Waals surface area contributed by atoms with Gasteiger partial charge in [0, 0.05) is 24.0 Å². The molecule has 2 aromatic rings. The Balaban J connectivity index is 2.28. The van der Waals surface area contributed by atoms with Crippen molar-refractivity contribution in [3.05, 3.63) is 87.0 Å². The van der Waals surface area contributed by atoms with E-state index >= 15 is 0 Å². The lowest BCUT2D eigenvalue weighted by Gasteiger charge is -2.27. The van der Waals surface area contributed by atoms with E-state index in [1.807, 2.05) is 0 Å². The maximum Gasteiger partial charge on any atom is 0.271 e. The van der Waals surface area contributed by atoms with Crippen molar-refractivity contribution in [2.24, 2.45) is 4.99 Å². The van der Waals surface area contributed by atoms with Crippen LogP contribution in [-0.4, -0.2) is 40.2 Å². The summed E-state index contributed by atoms with van der Waals surface area (Å²) in [4.78, 5) is 28.8. The highest BCUT2D eigenvalue weighted by Gasteiger charge is 2.44. The number of aliphatic imine (C=N–C) groups is 1. The summed E-state index contributed by atoms with van der Waals surface area (Å²) >= 11 is 1.17. The predicted octanol–water partition coefficient (Wildman–Crippen LogP) is 3.90. The van der Waals surface area contributed by atoms with E-state index in [9.17, 15) is 20.0 Å². The lowest BCUT2D eigenvalue weighted by molar-refractivity contribution is -0.504. The van der Waals surface area contributed by atoms with Gasteiger partial charge in [0.05, 0.1) is 11.5 Å². The first-order valence-electron chi connectivity index (χ1n) is 8.73. The van der Waals surface area contributed by atoms with Crippen LogP contribution in [0.15, 0.2) is 65.2 Å². The standard InChI is InChI=1S/C21H20N2O4S/c1-22-21(28-2)19(23(26)27)17(13-8-4-3-5-9-13)18-16(24)12-14-10-6-7-11-15(14)20(18)25/h3-11,17,19,25H,12H2,1-2H3. The second-order valence-electron chi connectivity index (χ2n) is 6.40. The van der Waals surface area contributed by atoms with Gasteiger partial charge < -0.3 is 5.11 Å². The minimum Gasteiger partial charge on any atom is -0.507 e. The maximum absolute atomic E-state index is 13.0. The molecular weight excluding hydrogens is 376 g/mol. The lowest BCUT2D eigenvalue weighted by Crippen LogP contribution is -2.38. The van der Waals surface area contributed by atoms with Gasteiger partial charge in [0.25, 0.3) is 6.04 Å². The number of carbonyl (C=O) groups excluding carboxylic acids is 1. The number of carbonyl (C=O) groups is 1. The van der Waals surface area contributed by atoms with Crippen LogP contribution in [0.4, 0.5) is 0 Å². The van der Waals surface area contributed by atoms with Gasteiger partial charge in [-0.2, -0.15) is 0 Å². The third-order valence-electron chi connectivity index (χ3n) is 4.87. The molecule has 1 aliphatic carbocycles. The Bertz CT molecular complexity index is 969. The zero-order valence-electron chi connectivity index (χ0n) is 15.5. The van der Waals surface area contributed by atoms with Crippen molar-refractivity contribution < 1.29 is 14.8 Å². The van der Waals surface area contributed by atoms with Crippen LogP contribution in [0.3, 0.4) is 0 Å². The largest absolute Gasteiger partial charge is 0.507 e. The lowest BCUT2D eigenvalue weighted by atomic mass is 9.77. The Labute approximate surface area is 167 Å². The summed E-state index contributed by atoms with van der Waals surface area (Å²) in [6.07, 6.45) is 1.81. The molecule has 7 heteroatoms. The minimum atomic E-state index is -1.27. The van der Waals surface area contributed by atoms with E-state index in [-0.39, 0.29) is 23.5 Å². The number of aliphatic hydroxyl groups is 1. The number of rotatable bonds is 5. The Kier molecular flexibility index (Phi) is 5.94. The van der Waals surface area contributed by atoms with Crippen molar-refractivity contribution in [2.45, 2.75) is 18.4 Å². The van der Waals surface area contributed by atoms with E-state index < -0.39 is 16.9 Å². The highest BCUT2D eigenvalue weighted by molar-refractivity contribution is 8.13. The molecule has 1 N–H and O–H groups in total. The average molecular weight is 396 g/mol. The highest BCUT2D eigenvalue weighted by Crippen LogP contribution is 2.40. The Morgan fingerprint density at radius 2 is 1.82 bits per heavy atom. The van der Waals surface area contributed by atoms with Crippen LogP contribution in [0.2, 0.25) is 0 Å². The molecule has 2 aromatic carbocycles. The average Bonchev–Trinajstić information content (AvgIpc) is 2.70. The molecule has 0 spiro atoms. The maximum atomic E-state index is 13.0. The molecule has 0 bridgehead atoms. The van der Waals surface area contributed by atoms with Crippen LogP contribution >= 0.6 is 11.8 Å². The van der Waals surface area contributed by atoms with Crippen molar-refractivity contribution in [1.82, 2.24) is 0 Å². The molecule has 2 unspecified atom stereocenters. The fourth-order valence-electron chi connectivity index (χ4n) is 3.64. The second kappa shape index (κ2) is 8.39. The SMILES string of the molecule is CN=C(SC)C(C(C1=C(O)c2ccccc2CC1=O)c1ccccc1)[N+](=O)[O-]. The van der Waals surface area contributed by atoms with Crippen LogP contribution in [0.25, 0.3) is 5.76 Å². The van der Waals surface area contributed by atoms with E-state index in [4.69, 9.17) is 0 Å². The van der Waals surface area contributed by atoms with Gasteiger partial charge >= 0.3 is 0 Å². The number of hydrogen-bond acceptors (Lipinski definition) is 6. The summed E-state index contributed by atoms with van der Waals surface area (Å²) in [6, 6.07) is 14.6. The number of thioether (sulfide) groups is 1. The number of ketones is 1. The molecule has 28 heavy (non-hydrogen) atoms. The minimum absolute atomic E-state index is 0.0711. The van der Waals surface area contributed by atoms with Crippen LogP contribution < -0.4 is 0 Å². The quantitative estimate of drug-likeness (QED) is 0.358. The molecule has 0 radical (unpaired) electrons. The van der Waals surface area contributed by atoms with Gasteiger partial charge in [-0.15, -0.1) is 11.8 Å². The zero-order chi connectivity index (χ0) is 20.3. The zero-order valence-corrected chi connectivity index (χ0v) is 16.3. The third-order valence-corrected chi connectivity index (χ3v) is 5.72. The number of fused-ring (bicyclic) bond motifs is 1. The highest BCUT2D eigenvalue weighted by atomic mass is 32.2. The molecule has 0 amide bonds. The van der Waals surface area contributed by atoms with Crippen molar-refractivity contribution in [3.63, 3.8) is 0 Å². The predicted molar refractivity (Wildman–Crippen MR) is 112 cm³/mol. The van der Waals surface area contributed by atoms with Gasteiger partial charge in [0.1, 0.15) is 10.8 Å². The Hall–Kier alpha value is -2.93. The summed E-state index contributed by atoms with van der Waals surface area (Å²) in [5, 5.41) is 23.3. The molecule has 0 aromatic heterocycles. The number of hydrogen-bond donors (Lipinski definition) is 1. The van der Waals surface area contributed by atoms with Crippen molar-refractivity contribution in [2.75, 3.05) is 13.3 Å². The number of nitrogens with zero attached hydrogens (tertiary/aromatic N) is 2. The van der Waals surface area contributed by atoms with Crippen LogP contribution in [0.1, 0.15) is 22.6 Å². The fourth-order valence-corrected chi connectivity index (χ4v) is 4.28. The molecular formula is C21H20N2O4S. The van der Waals surface area contributed by atoms with Crippen LogP contribution in [-0.2, 0) is 11.2 Å². The van der Waals surface area contributed by atoms with E-state index in [1.54, 1.807) is 60.9 Å². The van der Waals surface area contributed by atoms with Gasteiger partial charge in [-0.3, -0.25) is 19.9 Å². The van der Waals surface area contributed by atoms with Gasteiger partial charge in [-0.25, -0.2) is 0 Å². The Morgan fingerprint density at radius 3 is 2.43 bits per heavy atom. The van der Waals surface area contributed by atoms with Crippen molar-refractivity contribution in [3.8, 4) is 0 Å². The normalized spacial score (nSPS) is 16.5. The van der Waals surface area contributed by atoms with E-state index in [0.717, 1.165) is 0 Å².